The quantitative estimate of drug-likeness (QED) is 0.825. The second kappa shape index (κ2) is 8.76. The molecule has 1 aliphatic rings. The summed E-state index contributed by atoms with van der Waals surface area (Å²) in [5.41, 5.74) is 3.07. The highest BCUT2D eigenvalue weighted by Gasteiger charge is 2.28. The normalized spacial score (nSPS) is 14.5. The summed E-state index contributed by atoms with van der Waals surface area (Å²) in [6, 6.07) is 5.84. The van der Waals surface area contributed by atoms with Crippen molar-refractivity contribution in [3.8, 4) is 0 Å². The van der Waals surface area contributed by atoms with Crippen molar-refractivity contribution in [1.82, 2.24) is 4.90 Å². The summed E-state index contributed by atoms with van der Waals surface area (Å²) in [6.45, 7) is 6.73. The zero-order valence-corrected chi connectivity index (χ0v) is 15.3. The molecule has 2 rings (SSSR count). The van der Waals surface area contributed by atoms with Gasteiger partial charge in [-0.3, -0.25) is 9.59 Å². The Balaban J connectivity index is 2.29. The Morgan fingerprint density at radius 3 is 2.72 bits per heavy atom. The minimum Gasteiger partial charge on any atom is -0.395 e. The number of nitrogens with zero attached hydrogens (tertiary/aromatic N) is 3. The number of benzene rings is 1. The van der Waals surface area contributed by atoms with Gasteiger partial charge in [-0.1, -0.05) is 25.5 Å². The lowest BCUT2D eigenvalue weighted by Crippen LogP contribution is -2.43. The molecule has 0 saturated heterocycles. The average molecular weight is 345 g/mol. The summed E-state index contributed by atoms with van der Waals surface area (Å²) < 4.78 is 0. The Morgan fingerprint density at radius 1 is 1.28 bits per heavy atom. The summed E-state index contributed by atoms with van der Waals surface area (Å²) in [5.74, 6) is -0.294. The van der Waals surface area contributed by atoms with Gasteiger partial charge < -0.3 is 10.0 Å². The van der Waals surface area contributed by atoms with Crippen LogP contribution in [0.4, 0.5) is 5.69 Å². The number of hydrogen-bond donors (Lipinski definition) is 1. The third-order valence-electron chi connectivity index (χ3n) is 4.31. The minimum atomic E-state index is -0.190. The summed E-state index contributed by atoms with van der Waals surface area (Å²) in [6.07, 6.45) is 2.44. The lowest BCUT2D eigenvalue weighted by Gasteiger charge is -2.28. The van der Waals surface area contributed by atoms with Gasteiger partial charge in [-0.05, 0) is 37.5 Å². The van der Waals surface area contributed by atoms with Crippen LogP contribution in [0.3, 0.4) is 0 Å². The number of aliphatic hydroxyl groups excluding tert-OH is 1. The van der Waals surface area contributed by atoms with Crippen molar-refractivity contribution in [1.29, 1.82) is 0 Å². The second-order valence-corrected chi connectivity index (χ2v) is 6.41. The van der Waals surface area contributed by atoms with Gasteiger partial charge in [-0.2, -0.15) is 5.10 Å². The van der Waals surface area contributed by atoms with E-state index in [0.717, 1.165) is 29.7 Å². The smallest absolute Gasteiger partial charge is 0.270 e. The molecule has 0 spiro atoms. The van der Waals surface area contributed by atoms with Crippen LogP contribution in [-0.4, -0.2) is 47.2 Å². The predicted octanol–water partition coefficient (Wildman–Crippen LogP) is 2.41. The van der Waals surface area contributed by atoms with E-state index in [1.807, 2.05) is 32.0 Å². The molecule has 6 heteroatoms. The molecule has 136 valence electrons. The SMILES string of the molecule is CCCCN(CCO)C(=O)C1=NN(c2cc(C)ccc2C)C(=O)CC1. The molecule has 0 aromatic heterocycles. The molecule has 1 aromatic carbocycles. The summed E-state index contributed by atoms with van der Waals surface area (Å²) in [4.78, 5) is 26.7. The largest absolute Gasteiger partial charge is 0.395 e. The van der Waals surface area contributed by atoms with E-state index in [9.17, 15) is 14.7 Å². The van der Waals surface area contributed by atoms with Gasteiger partial charge in [0.25, 0.3) is 5.91 Å². The van der Waals surface area contributed by atoms with E-state index in [1.165, 1.54) is 5.01 Å². The van der Waals surface area contributed by atoms with Crippen LogP contribution in [0, 0.1) is 13.8 Å². The molecule has 1 heterocycles. The van der Waals surface area contributed by atoms with Crippen LogP contribution in [-0.2, 0) is 9.59 Å². The summed E-state index contributed by atoms with van der Waals surface area (Å²) >= 11 is 0. The van der Waals surface area contributed by atoms with Crippen LogP contribution < -0.4 is 5.01 Å². The highest BCUT2D eigenvalue weighted by atomic mass is 16.3. The first kappa shape index (κ1) is 19.1. The van der Waals surface area contributed by atoms with Crippen molar-refractivity contribution in [3.63, 3.8) is 0 Å². The first-order chi connectivity index (χ1) is 12.0. The zero-order valence-electron chi connectivity index (χ0n) is 15.3. The van der Waals surface area contributed by atoms with E-state index in [1.54, 1.807) is 4.90 Å². The highest BCUT2D eigenvalue weighted by Crippen LogP contribution is 2.25. The first-order valence-corrected chi connectivity index (χ1v) is 8.85. The Hall–Kier alpha value is -2.21. The van der Waals surface area contributed by atoms with Gasteiger partial charge in [0, 0.05) is 25.9 Å². The van der Waals surface area contributed by atoms with Crippen molar-refractivity contribution < 1.29 is 14.7 Å². The van der Waals surface area contributed by atoms with Crippen LogP contribution in [0.1, 0.15) is 43.7 Å². The molecule has 1 aromatic rings. The molecule has 0 aliphatic carbocycles. The van der Waals surface area contributed by atoms with Gasteiger partial charge in [0.15, 0.2) is 0 Å². The van der Waals surface area contributed by atoms with Crippen LogP contribution in [0.5, 0.6) is 0 Å². The Morgan fingerprint density at radius 2 is 2.04 bits per heavy atom. The number of rotatable bonds is 7. The van der Waals surface area contributed by atoms with Crippen molar-refractivity contribution in [2.45, 2.75) is 46.5 Å². The number of carbonyl (C=O) groups is 2. The molecule has 6 nitrogen and oxygen atoms in total. The van der Waals surface area contributed by atoms with E-state index < -0.39 is 0 Å². The molecule has 0 saturated carbocycles. The van der Waals surface area contributed by atoms with Crippen molar-refractivity contribution in [3.05, 3.63) is 29.3 Å². The third kappa shape index (κ3) is 4.66. The van der Waals surface area contributed by atoms with E-state index in [0.29, 0.717) is 18.7 Å². The minimum absolute atomic E-state index is 0.0810. The molecule has 1 N–H and O–H groups in total. The number of carbonyl (C=O) groups excluding carboxylic acids is 2. The van der Waals surface area contributed by atoms with Crippen LogP contribution in [0.2, 0.25) is 0 Å². The number of hydrazone groups is 1. The lowest BCUT2D eigenvalue weighted by atomic mass is 10.1. The van der Waals surface area contributed by atoms with Crippen LogP contribution in [0.15, 0.2) is 23.3 Å². The van der Waals surface area contributed by atoms with Gasteiger partial charge in [0.1, 0.15) is 5.71 Å². The monoisotopic (exact) mass is 345 g/mol. The molecular formula is C19H27N3O3. The van der Waals surface area contributed by atoms with Gasteiger partial charge in [0.2, 0.25) is 5.91 Å². The van der Waals surface area contributed by atoms with E-state index >= 15 is 0 Å². The van der Waals surface area contributed by atoms with Crippen molar-refractivity contribution in [2.24, 2.45) is 5.10 Å². The lowest BCUT2D eigenvalue weighted by molar-refractivity contribution is -0.125. The fourth-order valence-corrected chi connectivity index (χ4v) is 2.81. The van der Waals surface area contributed by atoms with E-state index in [-0.39, 0.29) is 31.4 Å². The van der Waals surface area contributed by atoms with Gasteiger partial charge in [-0.15, -0.1) is 0 Å². The molecule has 0 radical (unpaired) electrons. The van der Waals surface area contributed by atoms with Gasteiger partial charge >= 0.3 is 0 Å². The average Bonchev–Trinajstić information content (AvgIpc) is 2.60. The number of hydrogen-bond acceptors (Lipinski definition) is 4. The fourth-order valence-electron chi connectivity index (χ4n) is 2.81. The van der Waals surface area contributed by atoms with E-state index in [2.05, 4.69) is 12.0 Å². The molecule has 0 unspecified atom stereocenters. The van der Waals surface area contributed by atoms with Crippen LogP contribution >= 0.6 is 0 Å². The van der Waals surface area contributed by atoms with E-state index in [4.69, 9.17) is 0 Å². The second-order valence-electron chi connectivity index (χ2n) is 6.41. The molecule has 0 fully saturated rings. The topological polar surface area (TPSA) is 73.2 Å². The predicted molar refractivity (Wildman–Crippen MR) is 98.6 cm³/mol. The van der Waals surface area contributed by atoms with Crippen molar-refractivity contribution >= 4 is 23.2 Å². The standard InChI is InChI=1S/C19H27N3O3/c1-4-5-10-21(11-12-23)19(25)16-8-9-18(24)22(20-16)17-13-14(2)6-7-15(17)3/h6-7,13,23H,4-5,8-12H2,1-3H3. The Kier molecular flexibility index (Phi) is 6.70. The van der Waals surface area contributed by atoms with Crippen LogP contribution in [0.25, 0.3) is 0 Å². The Labute approximate surface area is 149 Å². The molecule has 1 aliphatic heterocycles. The zero-order chi connectivity index (χ0) is 18.4. The highest BCUT2D eigenvalue weighted by molar-refractivity contribution is 6.40. The number of amides is 2. The number of aryl methyl sites for hydroxylation is 2. The van der Waals surface area contributed by atoms with Crippen molar-refractivity contribution in [2.75, 3.05) is 24.7 Å². The number of anilines is 1. The fraction of sp³-hybridized carbons (Fsp3) is 0.526. The van der Waals surface area contributed by atoms with Gasteiger partial charge in [-0.25, -0.2) is 5.01 Å². The maximum atomic E-state index is 12.8. The molecule has 2 amide bonds. The molecule has 0 bridgehead atoms. The third-order valence-corrected chi connectivity index (χ3v) is 4.31. The maximum Gasteiger partial charge on any atom is 0.270 e. The van der Waals surface area contributed by atoms with Gasteiger partial charge in [0.05, 0.1) is 12.3 Å². The molecule has 25 heavy (non-hydrogen) atoms. The Bertz CT molecular complexity index is 670. The summed E-state index contributed by atoms with van der Waals surface area (Å²) in [5, 5.41) is 15.0. The summed E-state index contributed by atoms with van der Waals surface area (Å²) in [7, 11) is 0. The molecule has 0 atom stereocenters. The first-order valence-electron chi connectivity index (χ1n) is 8.85. The molecular weight excluding hydrogens is 318 g/mol. The number of aliphatic hydroxyl groups is 1. The maximum absolute atomic E-state index is 12.8. The number of unbranched alkanes of at least 4 members (excludes halogenated alkanes) is 1.